The van der Waals surface area contributed by atoms with Crippen LogP contribution in [0.15, 0.2) is 15.8 Å². The van der Waals surface area contributed by atoms with Crippen molar-refractivity contribution >= 4 is 5.69 Å². The molecule has 2 N–H and O–H groups in total. The standard InChI is InChI=1S/C14H23N3O2/c1-4-5-10-8-14(2,3)6-7-17(10)11-9-15-13(19)16-12(11)18/h9-10H,4-8H2,1-3H3,(H2,15,16,18,19)/t10-/m0/s1. The van der Waals surface area contributed by atoms with Gasteiger partial charge in [-0.05, 0) is 24.7 Å². The fourth-order valence-electron chi connectivity index (χ4n) is 2.98. The Kier molecular flexibility index (Phi) is 3.83. The summed E-state index contributed by atoms with van der Waals surface area (Å²) in [7, 11) is 0. The SMILES string of the molecule is CCC[C@H]1CC(C)(C)CCN1c1c[nH]c(=O)[nH]c1=O. The number of rotatable bonds is 3. The Morgan fingerprint density at radius 1 is 1.42 bits per heavy atom. The summed E-state index contributed by atoms with van der Waals surface area (Å²) in [4.78, 5) is 30.1. The fourth-order valence-corrected chi connectivity index (χ4v) is 2.98. The summed E-state index contributed by atoms with van der Waals surface area (Å²) in [6.07, 6.45) is 5.85. The van der Waals surface area contributed by atoms with Crippen molar-refractivity contribution in [1.82, 2.24) is 9.97 Å². The van der Waals surface area contributed by atoms with Crippen molar-refractivity contribution in [2.75, 3.05) is 11.4 Å². The Bertz CT molecular complexity index is 544. The molecule has 2 rings (SSSR count). The molecule has 1 atom stereocenters. The average molecular weight is 265 g/mol. The number of anilines is 1. The monoisotopic (exact) mass is 265 g/mol. The number of nitrogens with one attached hydrogen (secondary N) is 2. The van der Waals surface area contributed by atoms with Gasteiger partial charge in [0.25, 0.3) is 5.56 Å². The van der Waals surface area contributed by atoms with Crippen molar-refractivity contribution in [2.24, 2.45) is 5.41 Å². The Hall–Kier alpha value is -1.52. The van der Waals surface area contributed by atoms with Gasteiger partial charge >= 0.3 is 5.69 Å². The lowest BCUT2D eigenvalue weighted by Gasteiger charge is -2.44. The molecule has 1 aromatic heterocycles. The van der Waals surface area contributed by atoms with Crippen LogP contribution in [0.25, 0.3) is 0 Å². The van der Waals surface area contributed by atoms with Crippen LogP contribution in [-0.4, -0.2) is 22.6 Å². The van der Waals surface area contributed by atoms with Crippen molar-refractivity contribution < 1.29 is 0 Å². The summed E-state index contributed by atoms with van der Waals surface area (Å²) in [5, 5.41) is 0. The van der Waals surface area contributed by atoms with Crippen LogP contribution in [0.5, 0.6) is 0 Å². The van der Waals surface area contributed by atoms with Gasteiger partial charge in [0.2, 0.25) is 0 Å². The smallest absolute Gasteiger partial charge is 0.325 e. The molecule has 5 heteroatoms. The van der Waals surface area contributed by atoms with E-state index in [4.69, 9.17) is 0 Å². The van der Waals surface area contributed by atoms with Crippen LogP contribution in [0.2, 0.25) is 0 Å². The molecule has 0 aromatic carbocycles. The molecule has 0 aliphatic carbocycles. The Morgan fingerprint density at radius 2 is 2.16 bits per heavy atom. The van der Waals surface area contributed by atoms with Gasteiger partial charge in [-0.15, -0.1) is 0 Å². The van der Waals surface area contributed by atoms with Gasteiger partial charge in [-0.2, -0.15) is 0 Å². The third-order valence-electron chi connectivity index (χ3n) is 3.99. The predicted octanol–water partition coefficient (Wildman–Crippen LogP) is 1.86. The second kappa shape index (κ2) is 5.23. The van der Waals surface area contributed by atoms with E-state index in [2.05, 4.69) is 35.6 Å². The van der Waals surface area contributed by atoms with Crippen molar-refractivity contribution in [1.29, 1.82) is 0 Å². The number of H-pyrrole nitrogens is 2. The van der Waals surface area contributed by atoms with Crippen LogP contribution in [0.3, 0.4) is 0 Å². The number of hydrogen-bond acceptors (Lipinski definition) is 3. The topological polar surface area (TPSA) is 69.0 Å². The number of aromatic amines is 2. The van der Waals surface area contributed by atoms with Crippen molar-refractivity contribution in [3.8, 4) is 0 Å². The van der Waals surface area contributed by atoms with Crippen molar-refractivity contribution in [3.05, 3.63) is 27.0 Å². The first-order valence-electron chi connectivity index (χ1n) is 7.01. The van der Waals surface area contributed by atoms with Crippen LogP contribution < -0.4 is 16.1 Å². The highest BCUT2D eigenvalue weighted by Gasteiger charge is 2.33. The van der Waals surface area contributed by atoms with Gasteiger partial charge in [-0.3, -0.25) is 9.78 Å². The second-order valence-corrected chi connectivity index (χ2v) is 6.21. The van der Waals surface area contributed by atoms with Gasteiger partial charge in [0.15, 0.2) is 0 Å². The minimum atomic E-state index is -0.446. The number of nitrogens with zero attached hydrogens (tertiary/aromatic N) is 1. The Balaban J connectivity index is 2.31. The minimum Gasteiger partial charge on any atom is -0.363 e. The summed E-state index contributed by atoms with van der Waals surface area (Å²) in [6.45, 7) is 7.60. The van der Waals surface area contributed by atoms with Crippen LogP contribution in [0, 0.1) is 5.41 Å². The highest BCUT2D eigenvalue weighted by atomic mass is 16.2. The van der Waals surface area contributed by atoms with Gasteiger partial charge in [0, 0.05) is 18.8 Å². The van der Waals surface area contributed by atoms with Crippen LogP contribution in [0.4, 0.5) is 5.69 Å². The third kappa shape index (κ3) is 3.08. The molecule has 0 radical (unpaired) electrons. The van der Waals surface area contributed by atoms with Gasteiger partial charge in [-0.25, -0.2) is 4.79 Å². The molecule has 1 aliphatic heterocycles. The van der Waals surface area contributed by atoms with E-state index >= 15 is 0 Å². The zero-order valence-corrected chi connectivity index (χ0v) is 12.0. The van der Waals surface area contributed by atoms with Gasteiger partial charge in [0.05, 0.1) is 0 Å². The molecule has 0 saturated carbocycles. The van der Waals surface area contributed by atoms with Crippen LogP contribution in [-0.2, 0) is 0 Å². The van der Waals surface area contributed by atoms with E-state index in [1.54, 1.807) is 6.20 Å². The van der Waals surface area contributed by atoms with E-state index in [0.717, 1.165) is 32.2 Å². The van der Waals surface area contributed by atoms with E-state index in [1.165, 1.54) is 0 Å². The molecule has 1 saturated heterocycles. The minimum absolute atomic E-state index is 0.287. The summed E-state index contributed by atoms with van der Waals surface area (Å²) in [5.74, 6) is 0. The lowest BCUT2D eigenvalue weighted by molar-refractivity contribution is 0.229. The van der Waals surface area contributed by atoms with E-state index in [9.17, 15) is 9.59 Å². The maximum absolute atomic E-state index is 11.9. The van der Waals surface area contributed by atoms with Crippen LogP contribution >= 0.6 is 0 Å². The maximum Gasteiger partial charge on any atom is 0.325 e. The highest BCUT2D eigenvalue weighted by molar-refractivity contribution is 5.43. The van der Waals surface area contributed by atoms with E-state index in [-0.39, 0.29) is 5.56 Å². The van der Waals surface area contributed by atoms with Crippen molar-refractivity contribution in [3.63, 3.8) is 0 Å². The van der Waals surface area contributed by atoms with Gasteiger partial charge < -0.3 is 9.88 Å². The van der Waals surface area contributed by atoms with E-state index < -0.39 is 5.69 Å². The third-order valence-corrected chi connectivity index (χ3v) is 3.99. The molecule has 1 aliphatic rings. The van der Waals surface area contributed by atoms with Gasteiger partial charge in [-0.1, -0.05) is 27.2 Å². The molecular weight excluding hydrogens is 242 g/mol. The Morgan fingerprint density at radius 3 is 2.79 bits per heavy atom. The first-order chi connectivity index (χ1) is 8.93. The lowest BCUT2D eigenvalue weighted by atomic mass is 9.77. The van der Waals surface area contributed by atoms with Crippen LogP contribution in [0.1, 0.15) is 46.5 Å². The molecular formula is C14H23N3O2. The molecule has 5 nitrogen and oxygen atoms in total. The maximum atomic E-state index is 11.9. The molecule has 2 heterocycles. The predicted molar refractivity (Wildman–Crippen MR) is 76.7 cm³/mol. The summed E-state index contributed by atoms with van der Waals surface area (Å²) >= 11 is 0. The van der Waals surface area contributed by atoms with E-state index in [1.807, 2.05) is 0 Å². The molecule has 0 bridgehead atoms. The number of hydrogen-bond donors (Lipinski definition) is 2. The van der Waals surface area contributed by atoms with Crippen molar-refractivity contribution in [2.45, 2.75) is 52.5 Å². The van der Waals surface area contributed by atoms with E-state index in [0.29, 0.717) is 17.1 Å². The summed E-state index contributed by atoms with van der Waals surface area (Å²) in [6, 6.07) is 0.376. The largest absolute Gasteiger partial charge is 0.363 e. The zero-order valence-electron chi connectivity index (χ0n) is 12.0. The molecule has 19 heavy (non-hydrogen) atoms. The fraction of sp³-hybridized carbons (Fsp3) is 0.714. The average Bonchev–Trinajstić information content (AvgIpc) is 2.30. The normalized spacial score (nSPS) is 22.5. The molecule has 0 amide bonds. The molecule has 1 aromatic rings. The highest BCUT2D eigenvalue weighted by Crippen LogP contribution is 2.36. The zero-order chi connectivity index (χ0) is 14.0. The number of aromatic nitrogens is 2. The first-order valence-corrected chi connectivity index (χ1v) is 7.01. The Labute approximate surface area is 113 Å². The lowest BCUT2D eigenvalue weighted by Crippen LogP contribution is -2.48. The van der Waals surface area contributed by atoms with Gasteiger partial charge in [0.1, 0.15) is 5.69 Å². The molecule has 0 unspecified atom stereocenters. The first kappa shape index (κ1) is 13.9. The molecule has 106 valence electrons. The summed E-state index contributed by atoms with van der Waals surface area (Å²) in [5.41, 5.74) is 0.182. The molecule has 1 fully saturated rings. The second-order valence-electron chi connectivity index (χ2n) is 6.21. The summed E-state index contributed by atoms with van der Waals surface area (Å²) < 4.78 is 0. The molecule has 0 spiro atoms. The quantitative estimate of drug-likeness (QED) is 0.876. The number of piperidine rings is 1.